The van der Waals surface area contributed by atoms with Gasteiger partial charge >= 0.3 is 0 Å². The Hall–Kier alpha value is -2.76. The predicted octanol–water partition coefficient (Wildman–Crippen LogP) is 1.07. The quantitative estimate of drug-likeness (QED) is 0.731. The van der Waals surface area contributed by atoms with Crippen LogP contribution in [-0.2, 0) is 14.1 Å². The smallest absolute Gasteiger partial charge is 0.266 e. The molecular formula is C14H14N4O2. The fourth-order valence-electron chi connectivity index (χ4n) is 2.13. The van der Waals surface area contributed by atoms with Crippen LogP contribution in [0.1, 0.15) is 0 Å². The van der Waals surface area contributed by atoms with E-state index in [1.807, 2.05) is 24.3 Å². The molecule has 0 spiro atoms. The Labute approximate surface area is 114 Å². The Balaban J connectivity index is 2.10. The highest BCUT2D eigenvalue weighted by Crippen LogP contribution is 2.22. The molecule has 0 bridgehead atoms. The normalized spacial score (nSPS) is 10.9. The number of rotatable bonds is 2. The summed E-state index contributed by atoms with van der Waals surface area (Å²) in [6.45, 7) is 0. The van der Waals surface area contributed by atoms with Crippen LogP contribution in [0, 0.1) is 0 Å². The second-order valence-electron chi connectivity index (χ2n) is 4.71. The largest absolute Gasteiger partial charge is 0.295 e. The van der Waals surface area contributed by atoms with E-state index in [-0.39, 0.29) is 11.1 Å². The molecule has 102 valence electrons. The van der Waals surface area contributed by atoms with Gasteiger partial charge in [-0.05, 0) is 6.07 Å². The second-order valence-corrected chi connectivity index (χ2v) is 4.71. The zero-order chi connectivity index (χ0) is 14.3. The summed E-state index contributed by atoms with van der Waals surface area (Å²) in [7, 11) is 3.34. The fraction of sp³-hybridized carbons (Fsp3) is 0.143. The summed E-state index contributed by atoms with van der Waals surface area (Å²) in [6, 6.07) is 10.7. The first-order valence-electron chi connectivity index (χ1n) is 6.17. The highest BCUT2D eigenvalue weighted by molar-refractivity contribution is 5.69. The maximum absolute atomic E-state index is 11.5. The van der Waals surface area contributed by atoms with Crippen molar-refractivity contribution in [2.45, 2.75) is 0 Å². The van der Waals surface area contributed by atoms with E-state index in [1.165, 1.54) is 9.36 Å². The minimum atomic E-state index is -0.0847. The molecular weight excluding hydrogens is 256 g/mol. The Bertz CT molecular complexity index is 809. The molecule has 0 fully saturated rings. The molecule has 3 rings (SSSR count). The van der Waals surface area contributed by atoms with Gasteiger partial charge < -0.3 is 0 Å². The van der Waals surface area contributed by atoms with Gasteiger partial charge in [0.05, 0.1) is 11.4 Å². The van der Waals surface area contributed by atoms with Crippen LogP contribution in [-0.4, -0.2) is 19.6 Å². The first kappa shape index (κ1) is 12.3. The van der Waals surface area contributed by atoms with Crippen molar-refractivity contribution in [1.82, 2.24) is 19.6 Å². The molecule has 0 aliphatic heterocycles. The van der Waals surface area contributed by atoms with Crippen LogP contribution in [0.2, 0.25) is 0 Å². The second kappa shape index (κ2) is 4.41. The lowest BCUT2D eigenvalue weighted by molar-refractivity contribution is 0.742. The molecule has 0 amide bonds. The number of aryl methyl sites for hydroxylation is 2. The number of benzene rings is 1. The fourth-order valence-corrected chi connectivity index (χ4v) is 2.13. The molecule has 0 saturated heterocycles. The maximum Gasteiger partial charge on any atom is 0.266 e. The van der Waals surface area contributed by atoms with Crippen LogP contribution in [0.3, 0.4) is 0 Å². The van der Waals surface area contributed by atoms with Crippen LogP contribution in [0.15, 0.2) is 46.0 Å². The summed E-state index contributed by atoms with van der Waals surface area (Å²) in [5.41, 5.74) is 3.11. The van der Waals surface area contributed by atoms with Gasteiger partial charge in [0.15, 0.2) is 0 Å². The predicted molar refractivity (Wildman–Crippen MR) is 76.5 cm³/mol. The van der Waals surface area contributed by atoms with Gasteiger partial charge in [-0.25, -0.2) is 0 Å². The highest BCUT2D eigenvalue weighted by atomic mass is 16.1. The summed E-state index contributed by atoms with van der Waals surface area (Å²) in [5, 5.41) is 5.97. The van der Waals surface area contributed by atoms with E-state index in [2.05, 4.69) is 10.2 Å². The van der Waals surface area contributed by atoms with Crippen molar-refractivity contribution in [3.63, 3.8) is 0 Å². The van der Waals surface area contributed by atoms with Gasteiger partial charge in [-0.15, -0.1) is 0 Å². The third-order valence-electron chi connectivity index (χ3n) is 3.26. The van der Waals surface area contributed by atoms with E-state index < -0.39 is 0 Å². The van der Waals surface area contributed by atoms with Gasteiger partial charge in [0.2, 0.25) is 0 Å². The summed E-state index contributed by atoms with van der Waals surface area (Å²) >= 11 is 0. The van der Waals surface area contributed by atoms with Gasteiger partial charge in [0.25, 0.3) is 11.1 Å². The van der Waals surface area contributed by atoms with Gasteiger partial charge in [0, 0.05) is 37.4 Å². The molecule has 6 nitrogen and oxygen atoms in total. The molecule has 6 heteroatoms. The zero-order valence-electron chi connectivity index (χ0n) is 11.2. The van der Waals surface area contributed by atoms with Crippen molar-refractivity contribution in [2.75, 3.05) is 0 Å². The van der Waals surface area contributed by atoms with E-state index in [0.29, 0.717) is 0 Å². The molecule has 1 aromatic carbocycles. The van der Waals surface area contributed by atoms with Crippen LogP contribution < -0.4 is 11.1 Å². The number of hydrogen-bond donors (Lipinski definition) is 2. The Morgan fingerprint density at radius 2 is 1.25 bits per heavy atom. The maximum atomic E-state index is 11.5. The summed E-state index contributed by atoms with van der Waals surface area (Å²) in [6.07, 6.45) is 0. The molecule has 2 aromatic heterocycles. The van der Waals surface area contributed by atoms with Crippen LogP contribution in [0.5, 0.6) is 0 Å². The molecule has 0 saturated carbocycles. The lowest BCUT2D eigenvalue weighted by atomic mass is 10.1. The van der Waals surface area contributed by atoms with Gasteiger partial charge in [-0.2, -0.15) is 0 Å². The number of hydrogen-bond acceptors (Lipinski definition) is 2. The third kappa shape index (κ3) is 2.01. The molecule has 3 aromatic rings. The molecule has 0 aliphatic rings. The lowest BCUT2D eigenvalue weighted by Crippen LogP contribution is -2.09. The number of nitrogens with zero attached hydrogens (tertiary/aromatic N) is 2. The van der Waals surface area contributed by atoms with E-state index >= 15 is 0 Å². The first-order chi connectivity index (χ1) is 9.54. The Morgan fingerprint density at radius 1 is 0.800 bits per heavy atom. The van der Waals surface area contributed by atoms with Crippen molar-refractivity contribution in [3.05, 3.63) is 57.1 Å². The van der Waals surface area contributed by atoms with Crippen LogP contribution in [0.25, 0.3) is 22.5 Å². The van der Waals surface area contributed by atoms with Gasteiger partial charge in [-0.1, -0.05) is 18.2 Å². The van der Waals surface area contributed by atoms with Crippen molar-refractivity contribution < 1.29 is 0 Å². The Morgan fingerprint density at radius 3 is 1.60 bits per heavy atom. The standard InChI is InChI=1S/C14H14N4O2/c1-17-13(19)7-11(15-17)9-4-3-5-10(6-9)12-8-14(20)18(2)16-12/h3-8,15-16H,1-2H3. The van der Waals surface area contributed by atoms with Crippen LogP contribution in [0.4, 0.5) is 0 Å². The summed E-state index contributed by atoms with van der Waals surface area (Å²) in [5.74, 6) is 0. The summed E-state index contributed by atoms with van der Waals surface area (Å²) < 4.78 is 2.85. The molecule has 20 heavy (non-hydrogen) atoms. The van der Waals surface area contributed by atoms with E-state index in [4.69, 9.17) is 0 Å². The zero-order valence-corrected chi connectivity index (χ0v) is 11.2. The monoisotopic (exact) mass is 270 g/mol. The molecule has 0 atom stereocenters. The van der Waals surface area contributed by atoms with Crippen molar-refractivity contribution in [3.8, 4) is 22.5 Å². The molecule has 2 heterocycles. The molecule has 2 N–H and O–H groups in total. The van der Waals surface area contributed by atoms with E-state index in [1.54, 1.807) is 26.2 Å². The van der Waals surface area contributed by atoms with Crippen LogP contribution >= 0.6 is 0 Å². The topological polar surface area (TPSA) is 75.6 Å². The molecule has 0 radical (unpaired) electrons. The molecule has 0 aliphatic carbocycles. The highest BCUT2D eigenvalue weighted by Gasteiger charge is 2.07. The van der Waals surface area contributed by atoms with Crippen molar-refractivity contribution in [1.29, 1.82) is 0 Å². The minimum Gasteiger partial charge on any atom is -0.295 e. The lowest BCUT2D eigenvalue weighted by Gasteiger charge is -2.02. The summed E-state index contributed by atoms with van der Waals surface area (Å²) in [4.78, 5) is 23.0. The number of aromatic amines is 2. The first-order valence-corrected chi connectivity index (χ1v) is 6.17. The molecule has 0 unspecified atom stereocenters. The van der Waals surface area contributed by atoms with Gasteiger partial charge in [0.1, 0.15) is 0 Å². The van der Waals surface area contributed by atoms with Crippen molar-refractivity contribution >= 4 is 0 Å². The average molecular weight is 270 g/mol. The number of H-pyrrole nitrogens is 2. The van der Waals surface area contributed by atoms with Gasteiger partial charge in [-0.3, -0.25) is 29.2 Å². The van der Waals surface area contributed by atoms with Crippen molar-refractivity contribution in [2.24, 2.45) is 14.1 Å². The number of nitrogens with one attached hydrogen (secondary N) is 2. The third-order valence-corrected chi connectivity index (χ3v) is 3.26. The SMILES string of the molecule is Cn1[nH]c(-c2cccc(-c3cc(=O)n(C)[nH]3)c2)cc1=O. The average Bonchev–Trinajstić information content (AvgIpc) is 2.94. The number of aromatic nitrogens is 4. The van der Waals surface area contributed by atoms with E-state index in [0.717, 1.165) is 22.5 Å². The van der Waals surface area contributed by atoms with E-state index in [9.17, 15) is 9.59 Å². The minimum absolute atomic E-state index is 0.0847. The Kier molecular flexibility index (Phi) is 2.71.